The highest BCUT2D eigenvalue weighted by atomic mass is 19.3. The van der Waals surface area contributed by atoms with E-state index in [1.165, 1.54) is 0 Å². The summed E-state index contributed by atoms with van der Waals surface area (Å²) in [6.07, 6.45) is -2.81. The SMILES string of the molecule is O=c1[nH]c(=O)c2[nH]c(C(F)F)nc2[nH]1. The molecule has 0 unspecified atom stereocenters. The number of aromatic nitrogens is 4. The fourth-order valence-electron chi connectivity index (χ4n) is 1.05. The molecule has 0 saturated heterocycles. The maximum absolute atomic E-state index is 12.1. The quantitative estimate of drug-likeness (QED) is 0.601. The summed E-state index contributed by atoms with van der Waals surface area (Å²) in [6, 6.07) is 0. The monoisotopic (exact) mass is 202 g/mol. The Morgan fingerprint density at radius 2 is 1.86 bits per heavy atom. The Kier molecular flexibility index (Phi) is 1.69. The second kappa shape index (κ2) is 2.76. The Hall–Kier alpha value is -1.99. The minimum absolute atomic E-state index is 0.167. The summed E-state index contributed by atoms with van der Waals surface area (Å²) in [5.41, 5.74) is -1.90. The lowest BCUT2D eigenvalue weighted by Gasteiger charge is -1.87. The summed E-state index contributed by atoms with van der Waals surface area (Å²) >= 11 is 0. The van der Waals surface area contributed by atoms with Crippen molar-refractivity contribution in [1.82, 2.24) is 19.9 Å². The molecule has 0 aliphatic heterocycles. The summed E-state index contributed by atoms with van der Waals surface area (Å²) in [5, 5.41) is 0. The number of aromatic amines is 3. The molecule has 8 heteroatoms. The predicted molar refractivity (Wildman–Crippen MR) is 42.3 cm³/mol. The molecule has 0 aromatic carbocycles. The molecule has 0 radical (unpaired) electrons. The van der Waals surface area contributed by atoms with Crippen LogP contribution in [0.3, 0.4) is 0 Å². The van der Waals surface area contributed by atoms with Crippen molar-refractivity contribution in [2.45, 2.75) is 6.43 Å². The molecule has 2 rings (SSSR count). The van der Waals surface area contributed by atoms with Crippen LogP contribution in [0.15, 0.2) is 9.59 Å². The molecule has 0 aliphatic carbocycles. The van der Waals surface area contributed by atoms with Gasteiger partial charge in [-0.15, -0.1) is 0 Å². The standard InChI is InChI=1S/C6H4F2N4O2/c7-2(8)4-9-1-3(10-4)11-6(14)12-5(1)13/h2H,(H3,9,10,11,12,13,14). The molecular formula is C6H4F2N4O2. The number of alkyl halides is 2. The van der Waals surface area contributed by atoms with Crippen LogP contribution in [0.1, 0.15) is 12.2 Å². The molecule has 6 nitrogen and oxygen atoms in total. The lowest BCUT2D eigenvalue weighted by Crippen LogP contribution is -2.21. The van der Waals surface area contributed by atoms with E-state index in [-0.39, 0.29) is 11.2 Å². The number of H-pyrrole nitrogens is 3. The van der Waals surface area contributed by atoms with E-state index in [9.17, 15) is 18.4 Å². The summed E-state index contributed by atoms with van der Waals surface area (Å²) < 4.78 is 24.3. The van der Waals surface area contributed by atoms with Gasteiger partial charge in [-0.3, -0.25) is 14.8 Å². The molecular weight excluding hydrogens is 198 g/mol. The number of imidazole rings is 1. The number of hydrogen-bond donors (Lipinski definition) is 3. The Balaban J connectivity index is 2.84. The molecule has 2 heterocycles. The third-order valence-electron chi connectivity index (χ3n) is 1.61. The van der Waals surface area contributed by atoms with Crippen molar-refractivity contribution in [3.8, 4) is 0 Å². The van der Waals surface area contributed by atoms with E-state index >= 15 is 0 Å². The molecule has 14 heavy (non-hydrogen) atoms. The Labute approximate surface area is 74.0 Å². The van der Waals surface area contributed by atoms with Crippen LogP contribution in [0.2, 0.25) is 0 Å². The van der Waals surface area contributed by atoms with Crippen LogP contribution in [0, 0.1) is 0 Å². The average molecular weight is 202 g/mol. The van der Waals surface area contributed by atoms with Crippen LogP contribution in [-0.4, -0.2) is 19.9 Å². The molecule has 0 atom stereocenters. The van der Waals surface area contributed by atoms with Gasteiger partial charge < -0.3 is 4.98 Å². The van der Waals surface area contributed by atoms with Crippen LogP contribution >= 0.6 is 0 Å². The van der Waals surface area contributed by atoms with Crippen LogP contribution < -0.4 is 11.2 Å². The summed E-state index contributed by atoms with van der Waals surface area (Å²) in [4.78, 5) is 31.2. The van der Waals surface area contributed by atoms with E-state index in [1.54, 1.807) is 0 Å². The normalized spacial score (nSPS) is 11.4. The van der Waals surface area contributed by atoms with Crippen molar-refractivity contribution < 1.29 is 8.78 Å². The first kappa shape index (κ1) is 8.60. The zero-order valence-corrected chi connectivity index (χ0v) is 6.60. The van der Waals surface area contributed by atoms with Gasteiger partial charge in [-0.2, -0.15) is 0 Å². The largest absolute Gasteiger partial charge is 0.331 e. The lowest BCUT2D eigenvalue weighted by atomic mass is 10.5. The molecule has 0 spiro atoms. The fraction of sp³-hybridized carbons (Fsp3) is 0.167. The van der Waals surface area contributed by atoms with Crippen molar-refractivity contribution in [2.24, 2.45) is 0 Å². The average Bonchev–Trinajstić information content (AvgIpc) is 2.47. The lowest BCUT2D eigenvalue weighted by molar-refractivity contribution is 0.142. The number of halogens is 2. The Morgan fingerprint density at radius 3 is 2.50 bits per heavy atom. The highest BCUT2D eigenvalue weighted by Gasteiger charge is 2.14. The highest BCUT2D eigenvalue weighted by Crippen LogP contribution is 2.15. The minimum Gasteiger partial charge on any atom is -0.331 e. The third kappa shape index (κ3) is 1.20. The van der Waals surface area contributed by atoms with Gasteiger partial charge in [0.05, 0.1) is 0 Å². The minimum atomic E-state index is -2.81. The van der Waals surface area contributed by atoms with Gasteiger partial charge in [-0.25, -0.2) is 18.6 Å². The Morgan fingerprint density at radius 1 is 1.14 bits per heavy atom. The zero-order chi connectivity index (χ0) is 10.3. The third-order valence-corrected chi connectivity index (χ3v) is 1.61. The van der Waals surface area contributed by atoms with Gasteiger partial charge in [0, 0.05) is 0 Å². The second-order valence-electron chi connectivity index (χ2n) is 2.55. The molecule has 0 saturated carbocycles. The molecule has 74 valence electrons. The van der Waals surface area contributed by atoms with Gasteiger partial charge >= 0.3 is 5.69 Å². The molecule has 0 fully saturated rings. The summed E-state index contributed by atoms with van der Waals surface area (Å²) in [6.45, 7) is 0. The number of nitrogens with one attached hydrogen (secondary N) is 3. The first-order chi connectivity index (χ1) is 6.58. The summed E-state index contributed by atoms with van der Waals surface area (Å²) in [5.74, 6) is -0.646. The predicted octanol–water partition coefficient (Wildman–Crippen LogP) is -0.123. The number of fused-ring (bicyclic) bond motifs is 1. The van der Waals surface area contributed by atoms with Crippen LogP contribution in [0.5, 0.6) is 0 Å². The van der Waals surface area contributed by atoms with E-state index in [4.69, 9.17) is 0 Å². The van der Waals surface area contributed by atoms with Crippen molar-refractivity contribution in [2.75, 3.05) is 0 Å². The Bertz CT molecular complexity index is 581. The number of nitrogens with zero attached hydrogens (tertiary/aromatic N) is 1. The van der Waals surface area contributed by atoms with Crippen molar-refractivity contribution in [3.05, 3.63) is 26.7 Å². The van der Waals surface area contributed by atoms with Crippen LogP contribution in [0.25, 0.3) is 11.2 Å². The smallest absolute Gasteiger partial charge is 0.327 e. The summed E-state index contributed by atoms with van der Waals surface area (Å²) in [7, 11) is 0. The van der Waals surface area contributed by atoms with Gasteiger partial charge in [0.1, 0.15) is 5.52 Å². The van der Waals surface area contributed by atoms with E-state index in [0.29, 0.717) is 0 Å². The second-order valence-corrected chi connectivity index (χ2v) is 2.55. The van der Waals surface area contributed by atoms with Gasteiger partial charge in [0.2, 0.25) is 0 Å². The fourth-order valence-corrected chi connectivity index (χ4v) is 1.05. The van der Waals surface area contributed by atoms with Gasteiger partial charge in [-0.1, -0.05) is 0 Å². The van der Waals surface area contributed by atoms with Crippen LogP contribution in [-0.2, 0) is 0 Å². The first-order valence-corrected chi connectivity index (χ1v) is 3.58. The number of hydrogen-bond acceptors (Lipinski definition) is 3. The van der Waals surface area contributed by atoms with Crippen molar-refractivity contribution in [1.29, 1.82) is 0 Å². The van der Waals surface area contributed by atoms with Gasteiger partial charge in [0.15, 0.2) is 11.5 Å². The van der Waals surface area contributed by atoms with Crippen LogP contribution in [0.4, 0.5) is 8.78 Å². The first-order valence-electron chi connectivity index (χ1n) is 3.58. The van der Waals surface area contributed by atoms with E-state index in [0.717, 1.165) is 0 Å². The molecule has 2 aromatic heterocycles. The molecule has 0 aliphatic rings. The molecule has 0 amide bonds. The zero-order valence-electron chi connectivity index (χ0n) is 6.60. The number of rotatable bonds is 1. The molecule has 3 N–H and O–H groups in total. The van der Waals surface area contributed by atoms with E-state index in [2.05, 4.69) is 15.0 Å². The topological polar surface area (TPSA) is 94.4 Å². The van der Waals surface area contributed by atoms with Crippen molar-refractivity contribution in [3.63, 3.8) is 0 Å². The molecule has 0 bridgehead atoms. The molecule has 2 aromatic rings. The van der Waals surface area contributed by atoms with E-state index < -0.39 is 23.5 Å². The van der Waals surface area contributed by atoms with Crippen molar-refractivity contribution >= 4 is 11.2 Å². The maximum atomic E-state index is 12.1. The maximum Gasteiger partial charge on any atom is 0.327 e. The van der Waals surface area contributed by atoms with Gasteiger partial charge in [-0.05, 0) is 0 Å². The highest BCUT2D eigenvalue weighted by molar-refractivity contribution is 5.68. The van der Waals surface area contributed by atoms with Gasteiger partial charge in [0.25, 0.3) is 12.0 Å². The van der Waals surface area contributed by atoms with E-state index in [1.807, 2.05) is 4.98 Å².